The molecule has 0 aromatic rings. The van der Waals surface area contributed by atoms with Gasteiger partial charge in [0, 0.05) is 18.4 Å². The van der Waals surface area contributed by atoms with E-state index in [1.807, 2.05) is 0 Å². The molecule has 0 bridgehead atoms. The van der Waals surface area contributed by atoms with E-state index in [1.54, 1.807) is 0 Å². The van der Waals surface area contributed by atoms with Crippen LogP contribution in [0.25, 0.3) is 0 Å². The lowest BCUT2D eigenvalue weighted by Gasteiger charge is -2.58. The van der Waals surface area contributed by atoms with Gasteiger partial charge >= 0.3 is 0 Å². The maximum Gasteiger partial charge on any atom is 0.179 e. The minimum atomic E-state index is -0.390. The van der Waals surface area contributed by atoms with Gasteiger partial charge in [-0.1, -0.05) is 39.3 Å². The van der Waals surface area contributed by atoms with Crippen LogP contribution in [0.2, 0.25) is 0 Å². The molecule has 5 rings (SSSR count). The lowest BCUT2D eigenvalue weighted by atomic mass is 9.47. The highest BCUT2D eigenvalue weighted by Crippen LogP contribution is 2.67. The lowest BCUT2D eigenvalue weighted by Crippen LogP contribution is -2.51. The fourth-order valence-corrected chi connectivity index (χ4v) is 8.93. The zero-order valence-electron chi connectivity index (χ0n) is 19.8. The van der Waals surface area contributed by atoms with Crippen molar-refractivity contribution in [1.82, 2.24) is 0 Å². The SMILES string of the molecule is CC1CN=C(C(=O)[C@H](C)[C@H]2[C@H](O)C[C@H]3[C@@H]4CC=C5C[C@@H](O)CC[C@]5(C)[C@H]4CC[C@]23C)C1. The van der Waals surface area contributed by atoms with Crippen molar-refractivity contribution in [3.8, 4) is 0 Å². The van der Waals surface area contributed by atoms with Crippen molar-refractivity contribution in [2.24, 2.45) is 51.3 Å². The van der Waals surface area contributed by atoms with E-state index in [0.717, 1.165) is 57.2 Å². The van der Waals surface area contributed by atoms with Crippen molar-refractivity contribution < 1.29 is 15.0 Å². The monoisotopic (exact) mass is 427 g/mol. The molecule has 5 aliphatic rings. The first-order chi connectivity index (χ1) is 14.6. The average Bonchev–Trinajstić information content (AvgIpc) is 3.27. The molecular formula is C27H41NO3. The molecule has 172 valence electrons. The Morgan fingerprint density at radius 3 is 2.65 bits per heavy atom. The Balaban J connectivity index is 1.41. The third kappa shape index (κ3) is 3.22. The number of Topliss-reactive ketones (excluding diaryl/α,β-unsaturated/α-hetero) is 1. The second kappa shape index (κ2) is 7.52. The van der Waals surface area contributed by atoms with Gasteiger partial charge in [0.1, 0.15) is 0 Å². The fourth-order valence-electron chi connectivity index (χ4n) is 8.93. The summed E-state index contributed by atoms with van der Waals surface area (Å²) >= 11 is 0. The molecule has 10 atom stereocenters. The predicted molar refractivity (Wildman–Crippen MR) is 123 cm³/mol. The minimum absolute atomic E-state index is 0.0241. The summed E-state index contributed by atoms with van der Waals surface area (Å²) in [5, 5.41) is 21.5. The van der Waals surface area contributed by atoms with Crippen LogP contribution in [0, 0.1) is 46.3 Å². The van der Waals surface area contributed by atoms with E-state index in [9.17, 15) is 15.0 Å². The van der Waals surface area contributed by atoms with Crippen LogP contribution in [0.3, 0.4) is 0 Å². The van der Waals surface area contributed by atoms with Gasteiger partial charge < -0.3 is 10.2 Å². The van der Waals surface area contributed by atoms with Crippen molar-refractivity contribution in [3.63, 3.8) is 0 Å². The zero-order valence-corrected chi connectivity index (χ0v) is 19.8. The highest BCUT2D eigenvalue weighted by molar-refractivity contribution is 6.41. The Kier molecular flexibility index (Phi) is 5.29. The summed E-state index contributed by atoms with van der Waals surface area (Å²) in [6, 6.07) is 0. The molecule has 0 radical (unpaired) electrons. The van der Waals surface area contributed by atoms with E-state index in [2.05, 4.69) is 38.8 Å². The Labute approximate surface area is 187 Å². The summed E-state index contributed by atoms with van der Waals surface area (Å²) in [7, 11) is 0. The standard InChI is InChI=1S/C27H41NO3/c1-15-11-22(28-14-15)25(31)16(2)24-23(30)13-21-19-6-5-17-12-18(29)7-9-26(17,3)20(19)8-10-27(21,24)4/h5,15-16,18-21,23-24,29-30H,6-14H2,1-4H3/t15?,16-,18+,19-,20+,21+,23-,24+,26+,27+/m1/s1. The van der Waals surface area contributed by atoms with E-state index >= 15 is 0 Å². The summed E-state index contributed by atoms with van der Waals surface area (Å²) < 4.78 is 0. The van der Waals surface area contributed by atoms with Crippen LogP contribution < -0.4 is 0 Å². The maximum atomic E-state index is 13.3. The van der Waals surface area contributed by atoms with Gasteiger partial charge in [0.2, 0.25) is 0 Å². The molecule has 4 heteroatoms. The summed E-state index contributed by atoms with van der Waals surface area (Å²) in [6.07, 6.45) is 9.73. The van der Waals surface area contributed by atoms with E-state index < -0.39 is 6.10 Å². The van der Waals surface area contributed by atoms with Gasteiger partial charge in [-0.05, 0) is 85.9 Å². The summed E-state index contributed by atoms with van der Waals surface area (Å²) in [5.74, 6) is 2.26. The van der Waals surface area contributed by atoms with Gasteiger partial charge in [-0.3, -0.25) is 9.79 Å². The first kappa shape index (κ1) is 21.8. The highest BCUT2D eigenvalue weighted by Gasteiger charge is 2.62. The molecule has 0 aromatic heterocycles. The fraction of sp³-hybridized carbons (Fsp3) is 0.852. The smallest absolute Gasteiger partial charge is 0.179 e. The lowest BCUT2D eigenvalue weighted by molar-refractivity contribution is -0.123. The molecule has 0 aromatic carbocycles. The number of hydrogen-bond acceptors (Lipinski definition) is 4. The van der Waals surface area contributed by atoms with Crippen LogP contribution in [0.1, 0.15) is 79.1 Å². The topological polar surface area (TPSA) is 69.9 Å². The minimum Gasteiger partial charge on any atom is -0.393 e. The Bertz CT molecular complexity index is 817. The molecule has 1 heterocycles. The van der Waals surface area contributed by atoms with E-state index in [0.29, 0.717) is 23.7 Å². The first-order valence-electron chi connectivity index (χ1n) is 12.8. The van der Waals surface area contributed by atoms with E-state index in [4.69, 9.17) is 0 Å². The quantitative estimate of drug-likeness (QED) is 0.648. The second-order valence-corrected chi connectivity index (χ2v) is 12.3. The number of rotatable bonds is 3. The number of fused-ring (bicyclic) bond motifs is 5. The number of hydrogen-bond donors (Lipinski definition) is 2. The van der Waals surface area contributed by atoms with Crippen LogP contribution in [0.15, 0.2) is 16.6 Å². The number of carbonyl (C=O) groups excluding carboxylic acids is 1. The first-order valence-corrected chi connectivity index (χ1v) is 12.8. The molecule has 3 saturated carbocycles. The highest BCUT2D eigenvalue weighted by atomic mass is 16.3. The van der Waals surface area contributed by atoms with Crippen molar-refractivity contribution in [2.75, 3.05) is 6.54 Å². The van der Waals surface area contributed by atoms with Gasteiger partial charge in [-0.15, -0.1) is 0 Å². The summed E-state index contributed by atoms with van der Waals surface area (Å²) in [5.41, 5.74) is 2.49. The van der Waals surface area contributed by atoms with Gasteiger partial charge in [-0.25, -0.2) is 0 Å². The van der Waals surface area contributed by atoms with Crippen LogP contribution in [0.4, 0.5) is 0 Å². The van der Waals surface area contributed by atoms with Crippen LogP contribution in [-0.4, -0.2) is 40.5 Å². The molecule has 2 N–H and O–H groups in total. The third-order valence-corrected chi connectivity index (χ3v) is 10.6. The zero-order chi connectivity index (χ0) is 22.1. The summed E-state index contributed by atoms with van der Waals surface area (Å²) in [4.78, 5) is 17.9. The molecule has 1 unspecified atom stereocenters. The normalized spacial score (nSPS) is 50.1. The van der Waals surface area contributed by atoms with Gasteiger partial charge in [-0.2, -0.15) is 0 Å². The Hall–Kier alpha value is -1.00. The molecule has 31 heavy (non-hydrogen) atoms. The number of carbonyl (C=O) groups is 1. The van der Waals surface area contributed by atoms with Crippen LogP contribution in [0.5, 0.6) is 0 Å². The maximum absolute atomic E-state index is 13.3. The molecule has 4 aliphatic carbocycles. The number of nitrogens with zero attached hydrogens (tertiary/aromatic N) is 1. The second-order valence-electron chi connectivity index (χ2n) is 12.3. The summed E-state index contributed by atoms with van der Waals surface area (Å²) in [6.45, 7) is 9.81. The van der Waals surface area contributed by atoms with Crippen LogP contribution >= 0.6 is 0 Å². The number of allylic oxidation sites excluding steroid dienone is 1. The van der Waals surface area contributed by atoms with Crippen LogP contribution in [-0.2, 0) is 4.79 Å². The van der Waals surface area contributed by atoms with Gasteiger partial charge in [0.15, 0.2) is 5.78 Å². The third-order valence-electron chi connectivity index (χ3n) is 10.6. The number of aliphatic imine (C=N–C) groups is 1. The van der Waals surface area contributed by atoms with Gasteiger partial charge in [0.05, 0.1) is 17.9 Å². The molecule has 0 amide bonds. The van der Waals surface area contributed by atoms with Crippen molar-refractivity contribution in [1.29, 1.82) is 0 Å². The molecule has 3 fully saturated rings. The number of aliphatic hydroxyl groups is 2. The van der Waals surface area contributed by atoms with Crippen molar-refractivity contribution in [3.05, 3.63) is 11.6 Å². The van der Waals surface area contributed by atoms with E-state index in [-0.39, 0.29) is 34.6 Å². The molecule has 1 aliphatic heterocycles. The molecule has 0 saturated heterocycles. The molecule has 4 nitrogen and oxygen atoms in total. The Morgan fingerprint density at radius 1 is 1.16 bits per heavy atom. The van der Waals surface area contributed by atoms with Gasteiger partial charge in [0.25, 0.3) is 0 Å². The molecule has 0 spiro atoms. The number of aliphatic hydroxyl groups excluding tert-OH is 2. The molecular weight excluding hydrogens is 386 g/mol. The number of ketones is 1. The van der Waals surface area contributed by atoms with E-state index in [1.165, 1.54) is 12.0 Å². The predicted octanol–water partition coefficient (Wildman–Crippen LogP) is 4.58. The largest absolute Gasteiger partial charge is 0.393 e. The Morgan fingerprint density at radius 2 is 1.94 bits per heavy atom. The average molecular weight is 428 g/mol. The van der Waals surface area contributed by atoms with Crippen molar-refractivity contribution >= 4 is 11.5 Å². The van der Waals surface area contributed by atoms with Crippen molar-refractivity contribution in [2.45, 2.75) is 91.3 Å².